The van der Waals surface area contributed by atoms with Crippen molar-refractivity contribution in [1.29, 1.82) is 0 Å². The van der Waals surface area contributed by atoms with Gasteiger partial charge in [-0.2, -0.15) is 0 Å². The van der Waals surface area contributed by atoms with Crippen LogP contribution in [0.3, 0.4) is 0 Å². The summed E-state index contributed by atoms with van der Waals surface area (Å²) < 4.78 is 15.9. The molecule has 0 saturated heterocycles. The van der Waals surface area contributed by atoms with Crippen molar-refractivity contribution < 1.29 is 18.8 Å². The zero-order valence-electron chi connectivity index (χ0n) is 15.9. The molecule has 0 radical (unpaired) electrons. The number of anilines is 1. The fraction of sp³-hybridized carbons (Fsp3) is 0.350. The largest absolute Gasteiger partial charge is 0.493 e. The first-order valence-electron chi connectivity index (χ1n) is 9.06. The molecule has 1 amide bonds. The second-order valence-electron chi connectivity index (χ2n) is 6.84. The van der Waals surface area contributed by atoms with Crippen LogP contribution in [0.2, 0.25) is 0 Å². The van der Waals surface area contributed by atoms with E-state index in [0.29, 0.717) is 28.3 Å². The van der Waals surface area contributed by atoms with Crippen molar-refractivity contribution in [3.05, 3.63) is 40.5 Å². The number of benzene rings is 1. The smallest absolute Gasteiger partial charge is 0.279 e. The van der Waals surface area contributed by atoms with Gasteiger partial charge in [-0.1, -0.05) is 12.1 Å². The molecular formula is C20H21N3O4S. The van der Waals surface area contributed by atoms with E-state index in [9.17, 15) is 4.79 Å². The molecule has 8 heteroatoms. The summed E-state index contributed by atoms with van der Waals surface area (Å²) in [7, 11) is 3.14. The van der Waals surface area contributed by atoms with Crippen molar-refractivity contribution in [1.82, 2.24) is 10.1 Å². The van der Waals surface area contributed by atoms with Gasteiger partial charge in [-0.05, 0) is 43.4 Å². The van der Waals surface area contributed by atoms with Crippen LogP contribution in [0.15, 0.2) is 28.8 Å². The fourth-order valence-electron chi connectivity index (χ4n) is 3.26. The quantitative estimate of drug-likeness (QED) is 0.692. The number of rotatable bonds is 5. The number of amides is 1. The van der Waals surface area contributed by atoms with Crippen molar-refractivity contribution >= 4 is 22.4 Å². The first-order valence-corrected chi connectivity index (χ1v) is 9.88. The molecule has 146 valence electrons. The standard InChI is InChI=1S/C20H21N3O4S/c1-11-4-6-13-18(8-11)28-20(21-13)22-19(24)14-10-16(27-23-14)12-5-7-15(25-2)17(9-12)26-3/h5,7,9-11H,4,6,8H2,1-3H3,(H,21,22,24)/t11-/m1/s1. The SMILES string of the molecule is COc1ccc(-c2cc(C(=O)Nc3nc4c(s3)C[C@H](C)CC4)no2)cc1OC. The Labute approximate surface area is 166 Å². The number of nitrogens with zero attached hydrogens (tertiary/aromatic N) is 2. The minimum Gasteiger partial charge on any atom is -0.493 e. The summed E-state index contributed by atoms with van der Waals surface area (Å²) in [6.45, 7) is 2.24. The molecule has 4 rings (SSSR count). The lowest BCUT2D eigenvalue weighted by atomic mass is 9.93. The highest BCUT2D eigenvalue weighted by atomic mass is 32.1. The summed E-state index contributed by atoms with van der Waals surface area (Å²) in [5.41, 5.74) is 2.04. The number of thiazole rings is 1. The molecule has 0 spiro atoms. The topological polar surface area (TPSA) is 86.5 Å². The molecule has 28 heavy (non-hydrogen) atoms. The molecule has 0 unspecified atom stereocenters. The Hall–Kier alpha value is -2.87. The molecule has 1 N–H and O–H groups in total. The molecule has 1 atom stereocenters. The van der Waals surface area contributed by atoms with Crippen LogP contribution in [-0.4, -0.2) is 30.3 Å². The number of nitrogens with one attached hydrogen (secondary N) is 1. The first kappa shape index (κ1) is 18.5. The number of carbonyl (C=O) groups is 1. The number of aromatic nitrogens is 2. The van der Waals surface area contributed by atoms with Crippen LogP contribution >= 0.6 is 11.3 Å². The predicted molar refractivity (Wildman–Crippen MR) is 106 cm³/mol. The second-order valence-corrected chi connectivity index (χ2v) is 7.92. The van der Waals surface area contributed by atoms with E-state index in [-0.39, 0.29) is 11.6 Å². The van der Waals surface area contributed by atoms with Crippen LogP contribution in [0.4, 0.5) is 5.13 Å². The predicted octanol–water partition coefficient (Wildman–Crippen LogP) is 4.19. The van der Waals surface area contributed by atoms with Crippen LogP contribution in [0, 0.1) is 5.92 Å². The summed E-state index contributed by atoms with van der Waals surface area (Å²) in [4.78, 5) is 18.4. The van der Waals surface area contributed by atoms with Gasteiger partial charge < -0.3 is 14.0 Å². The number of carbonyl (C=O) groups excluding carboxylic acids is 1. The summed E-state index contributed by atoms with van der Waals surface area (Å²) >= 11 is 1.54. The van der Waals surface area contributed by atoms with Gasteiger partial charge in [-0.3, -0.25) is 10.1 Å². The van der Waals surface area contributed by atoms with Crippen LogP contribution in [0.1, 0.15) is 34.4 Å². The first-order chi connectivity index (χ1) is 13.6. The summed E-state index contributed by atoms with van der Waals surface area (Å²) in [6, 6.07) is 6.97. The van der Waals surface area contributed by atoms with Gasteiger partial charge in [0.15, 0.2) is 28.1 Å². The normalized spacial score (nSPS) is 15.8. The number of hydrogen-bond acceptors (Lipinski definition) is 7. The molecule has 2 aromatic heterocycles. The Morgan fingerprint density at radius 1 is 1.25 bits per heavy atom. The Bertz CT molecular complexity index is 1010. The van der Waals surface area contributed by atoms with Crippen molar-refractivity contribution in [3.63, 3.8) is 0 Å². The van der Waals surface area contributed by atoms with Crippen LogP contribution in [0.25, 0.3) is 11.3 Å². The van der Waals surface area contributed by atoms with Crippen molar-refractivity contribution in [2.24, 2.45) is 5.92 Å². The third-order valence-electron chi connectivity index (χ3n) is 4.82. The van der Waals surface area contributed by atoms with E-state index in [2.05, 4.69) is 22.4 Å². The third kappa shape index (κ3) is 3.60. The number of methoxy groups -OCH3 is 2. The van der Waals surface area contributed by atoms with E-state index in [1.807, 2.05) is 6.07 Å². The van der Waals surface area contributed by atoms with Gasteiger partial charge in [-0.25, -0.2) is 4.98 Å². The van der Waals surface area contributed by atoms with Gasteiger partial charge in [0.1, 0.15) is 0 Å². The summed E-state index contributed by atoms with van der Waals surface area (Å²) in [5.74, 6) is 1.99. The molecule has 1 aromatic carbocycles. The molecule has 7 nitrogen and oxygen atoms in total. The van der Waals surface area contributed by atoms with Crippen LogP contribution in [-0.2, 0) is 12.8 Å². The van der Waals surface area contributed by atoms with E-state index < -0.39 is 0 Å². The molecular weight excluding hydrogens is 378 g/mol. The highest BCUT2D eigenvalue weighted by Gasteiger charge is 2.22. The van der Waals surface area contributed by atoms with E-state index in [0.717, 1.165) is 30.5 Å². The van der Waals surface area contributed by atoms with Gasteiger partial charge in [0.2, 0.25) is 0 Å². The summed E-state index contributed by atoms with van der Waals surface area (Å²) in [6.07, 6.45) is 3.13. The molecule has 0 aliphatic heterocycles. The minimum atomic E-state index is -0.338. The fourth-order valence-corrected chi connectivity index (χ4v) is 4.43. The second kappa shape index (κ2) is 7.63. The van der Waals surface area contributed by atoms with Gasteiger partial charge in [-0.15, -0.1) is 11.3 Å². The molecule has 0 fully saturated rings. The maximum atomic E-state index is 12.5. The maximum Gasteiger partial charge on any atom is 0.279 e. The monoisotopic (exact) mass is 399 g/mol. The minimum absolute atomic E-state index is 0.200. The average molecular weight is 399 g/mol. The number of aryl methyl sites for hydroxylation is 1. The van der Waals surface area contributed by atoms with Crippen LogP contribution < -0.4 is 14.8 Å². The number of fused-ring (bicyclic) bond motifs is 1. The van der Waals surface area contributed by atoms with Gasteiger partial charge in [0.25, 0.3) is 5.91 Å². The molecule has 0 bridgehead atoms. The highest BCUT2D eigenvalue weighted by molar-refractivity contribution is 7.15. The Kier molecular flexibility index (Phi) is 5.04. The lowest BCUT2D eigenvalue weighted by molar-refractivity contribution is 0.101. The third-order valence-corrected chi connectivity index (χ3v) is 5.85. The lowest BCUT2D eigenvalue weighted by Gasteiger charge is -2.15. The molecule has 1 aliphatic rings. The summed E-state index contributed by atoms with van der Waals surface area (Å²) in [5, 5.41) is 7.35. The maximum absolute atomic E-state index is 12.5. The number of hydrogen-bond donors (Lipinski definition) is 1. The van der Waals surface area contributed by atoms with Gasteiger partial charge in [0, 0.05) is 16.5 Å². The molecule has 1 aliphatic carbocycles. The molecule has 2 heterocycles. The lowest BCUT2D eigenvalue weighted by Crippen LogP contribution is -2.12. The zero-order valence-corrected chi connectivity index (χ0v) is 16.8. The molecule has 0 saturated carbocycles. The van der Waals surface area contributed by atoms with Crippen LogP contribution in [0.5, 0.6) is 11.5 Å². The Morgan fingerprint density at radius 3 is 2.86 bits per heavy atom. The Balaban J connectivity index is 1.51. The zero-order chi connectivity index (χ0) is 19.7. The molecule has 3 aromatic rings. The van der Waals surface area contributed by atoms with Gasteiger partial charge >= 0.3 is 0 Å². The van der Waals surface area contributed by atoms with E-state index in [1.165, 1.54) is 4.88 Å². The van der Waals surface area contributed by atoms with Crippen molar-refractivity contribution in [3.8, 4) is 22.8 Å². The number of ether oxygens (including phenoxy) is 2. The van der Waals surface area contributed by atoms with E-state index in [4.69, 9.17) is 14.0 Å². The van der Waals surface area contributed by atoms with Gasteiger partial charge in [0.05, 0.1) is 19.9 Å². The van der Waals surface area contributed by atoms with E-state index in [1.54, 1.807) is 43.8 Å². The van der Waals surface area contributed by atoms with E-state index >= 15 is 0 Å². The Morgan fingerprint density at radius 2 is 2.07 bits per heavy atom. The van der Waals surface area contributed by atoms with Crippen molar-refractivity contribution in [2.75, 3.05) is 19.5 Å². The highest BCUT2D eigenvalue weighted by Crippen LogP contribution is 2.34. The van der Waals surface area contributed by atoms with Crippen molar-refractivity contribution in [2.45, 2.75) is 26.2 Å². The average Bonchev–Trinajstić information content (AvgIpc) is 3.34.